The number of ketones is 2. The average Bonchev–Trinajstić information content (AvgIpc) is 2.77. The maximum atomic E-state index is 13.3. The smallest absolute Gasteiger partial charge is 0.255 e. The fourth-order valence-electron chi connectivity index (χ4n) is 5.23. The number of amides is 1. The molecule has 2 N–H and O–H groups in total. The number of hydrogen-bond donors (Lipinski definition) is 1. The van der Waals surface area contributed by atoms with Crippen LogP contribution < -0.4 is 15.2 Å². The van der Waals surface area contributed by atoms with Gasteiger partial charge >= 0.3 is 0 Å². The van der Waals surface area contributed by atoms with E-state index in [-0.39, 0.29) is 18.2 Å². The second-order valence-corrected chi connectivity index (χ2v) is 9.32. The maximum Gasteiger partial charge on any atom is 0.255 e. The minimum absolute atomic E-state index is 0.104. The van der Waals surface area contributed by atoms with Gasteiger partial charge in [-0.05, 0) is 73.2 Å². The predicted octanol–water partition coefficient (Wildman–Crippen LogP) is 4.15. The van der Waals surface area contributed by atoms with Crippen LogP contribution in [0.1, 0.15) is 63.9 Å². The van der Waals surface area contributed by atoms with Crippen molar-refractivity contribution in [3.63, 3.8) is 0 Å². The van der Waals surface area contributed by atoms with Crippen molar-refractivity contribution < 1.29 is 23.9 Å². The number of hydrogen-bond acceptors (Lipinski definition) is 6. The van der Waals surface area contributed by atoms with E-state index in [1.807, 2.05) is 19.1 Å². The predicted molar refractivity (Wildman–Crippen MR) is 127 cm³/mol. The minimum Gasteiger partial charge on any atom is -0.490 e. The lowest BCUT2D eigenvalue weighted by atomic mass is 9.71. The number of nitrogens with zero attached hydrogens (tertiary/aromatic N) is 1. The van der Waals surface area contributed by atoms with Gasteiger partial charge < -0.3 is 20.1 Å². The number of primary amides is 1. The number of allylic oxidation sites excluding steroid dienone is 4. The standard InChI is InChI=1S/C25H29BrN2O5/c1-3-28-16-7-5-9-18(29)23(16)22(24-17(28)8-6-10-19(24)30)14-11-15(26)25(33-13-21(27)31)20(12-14)32-4-2/h11-12,22H,3-10,13H2,1-2H3,(H2,27,31). The topological polar surface area (TPSA) is 98.9 Å². The van der Waals surface area contributed by atoms with E-state index in [4.69, 9.17) is 15.2 Å². The zero-order valence-corrected chi connectivity index (χ0v) is 20.6. The van der Waals surface area contributed by atoms with Gasteiger partial charge in [0.1, 0.15) is 0 Å². The van der Waals surface area contributed by atoms with Gasteiger partial charge in [0.2, 0.25) is 0 Å². The van der Waals surface area contributed by atoms with Gasteiger partial charge in [0, 0.05) is 47.8 Å². The molecule has 1 aliphatic heterocycles. The number of ether oxygens (including phenoxy) is 2. The lowest BCUT2D eigenvalue weighted by molar-refractivity contribution is -0.120. The molecule has 0 bridgehead atoms. The molecule has 33 heavy (non-hydrogen) atoms. The molecule has 2 aliphatic carbocycles. The van der Waals surface area contributed by atoms with E-state index in [1.54, 1.807) is 0 Å². The Kier molecular flexibility index (Phi) is 6.93. The number of Topliss-reactive ketones (excluding diaryl/α,β-unsaturated/α-hetero) is 2. The summed E-state index contributed by atoms with van der Waals surface area (Å²) in [7, 11) is 0. The van der Waals surface area contributed by atoms with Crippen LogP contribution in [0.2, 0.25) is 0 Å². The van der Waals surface area contributed by atoms with Gasteiger partial charge in [-0.3, -0.25) is 14.4 Å². The molecule has 1 aromatic carbocycles. The summed E-state index contributed by atoms with van der Waals surface area (Å²) in [4.78, 5) is 40.0. The van der Waals surface area contributed by atoms with Gasteiger partial charge in [0.25, 0.3) is 5.91 Å². The first-order chi connectivity index (χ1) is 15.9. The molecule has 0 unspecified atom stereocenters. The Morgan fingerprint density at radius 3 is 2.15 bits per heavy atom. The van der Waals surface area contributed by atoms with Crippen molar-refractivity contribution in [2.45, 2.75) is 58.3 Å². The minimum atomic E-state index is -0.592. The van der Waals surface area contributed by atoms with Crippen LogP contribution in [0.15, 0.2) is 39.1 Å². The molecule has 8 heteroatoms. The third kappa shape index (κ3) is 4.33. The quantitative estimate of drug-likeness (QED) is 0.584. The molecular formula is C25H29BrN2O5. The van der Waals surface area contributed by atoms with Crippen molar-refractivity contribution >= 4 is 33.4 Å². The van der Waals surface area contributed by atoms with E-state index < -0.39 is 11.8 Å². The number of nitrogens with two attached hydrogens (primary N) is 1. The molecule has 176 valence electrons. The monoisotopic (exact) mass is 516 g/mol. The summed E-state index contributed by atoms with van der Waals surface area (Å²) in [6, 6.07) is 3.69. The van der Waals surface area contributed by atoms with Crippen LogP contribution in [0.4, 0.5) is 0 Å². The molecule has 0 radical (unpaired) electrons. The van der Waals surface area contributed by atoms with Crippen molar-refractivity contribution in [2.75, 3.05) is 19.8 Å². The van der Waals surface area contributed by atoms with Gasteiger partial charge in [-0.15, -0.1) is 0 Å². The summed E-state index contributed by atoms with van der Waals surface area (Å²) in [5.41, 5.74) is 9.63. The highest BCUT2D eigenvalue weighted by molar-refractivity contribution is 9.10. The summed E-state index contributed by atoms with van der Waals surface area (Å²) in [6.45, 7) is 4.77. The first kappa shape index (κ1) is 23.5. The van der Waals surface area contributed by atoms with E-state index in [9.17, 15) is 14.4 Å². The molecule has 0 saturated heterocycles. The molecular weight excluding hydrogens is 488 g/mol. The molecule has 1 amide bonds. The second-order valence-electron chi connectivity index (χ2n) is 8.47. The zero-order valence-electron chi connectivity index (χ0n) is 19.0. The van der Waals surface area contributed by atoms with Gasteiger partial charge in [-0.2, -0.15) is 0 Å². The summed E-state index contributed by atoms with van der Waals surface area (Å²) < 4.78 is 12.0. The Bertz CT molecular complexity index is 1030. The van der Waals surface area contributed by atoms with Gasteiger partial charge in [-0.25, -0.2) is 0 Å². The van der Waals surface area contributed by atoms with Crippen molar-refractivity contribution in [1.29, 1.82) is 0 Å². The van der Waals surface area contributed by atoms with Crippen LogP contribution in [0.3, 0.4) is 0 Å². The van der Waals surface area contributed by atoms with E-state index in [0.717, 1.165) is 60.3 Å². The van der Waals surface area contributed by atoms with Gasteiger partial charge in [-0.1, -0.05) is 0 Å². The molecule has 3 aliphatic rings. The highest BCUT2D eigenvalue weighted by Crippen LogP contribution is 2.51. The Hall–Kier alpha value is -2.61. The van der Waals surface area contributed by atoms with Gasteiger partial charge in [0.05, 0.1) is 11.1 Å². The summed E-state index contributed by atoms with van der Waals surface area (Å²) in [6.07, 6.45) is 4.29. The fourth-order valence-corrected chi connectivity index (χ4v) is 5.81. The number of carbonyl (C=O) groups is 3. The Labute approximate surface area is 202 Å². The van der Waals surface area contributed by atoms with Crippen molar-refractivity contribution in [3.8, 4) is 11.5 Å². The van der Waals surface area contributed by atoms with Crippen molar-refractivity contribution in [2.24, 2.45) is 5.73 Å². The normalized spacial score (nSPS) is 18.9. The molecule has 1 heterocycles. The van der Waals surface area contributed by atoms with Gasteiger partial charge in [0.15, 0.2) is 29.7 Å². The maximum absolute atomic E-state index is 13.3. The summed E-state index contributed by atoms with van der Waals surface area (Å²) in [5.74, 6) is 0.000726. The molecule has 0 saturated carbocycles. The van der Waals surface area contributed by atoms with Crippen LogP contribution in [-0.2, 0) is 14.4 Å². The van der Waals surface area contributed by atoms with E-state index >= 15 is 0 Å². The lowest BCUT2D eigenvalue weighted by Crippen LogP contribution is -2.39. The Balaban J connectivity index is 1.91. The molecule has 0 fully saturated rings. The van der Waals surface area contributed by atoms with Crippen LogP contribution in [-0.4, -0.2) is 42.1 Å². The summed E-state index contributed by atoms with van der Waals surface area (Å²) >= 11 is 3.55. The zero-order chi connectivity index (χ0) is 23.7. The fraction of sp³-hybridized carbons (Fsp3) is 0.480. The van der Waals surface area contributed by atoms with Crippen LogP contribution in [0.25, 0.3) is 0 Å². The summed E-state index contributed by atoms with van der Waals surface area (Å²) in [5, 5.41) is 0. The Morgan fingerprint density at radius 2 is 1.64 bits per heavy atom. The van der Waals surface area contributed by atoms with E-state index in [0.29, 0.717) is 35.4 Å². The first-order valence-corrected chi connectivity index (χ1v) is 12.3. The molecule has 0 atom stereocenters. The van der Waals surface area contributed by atoms with Crippen molar-refractivity contribution in [1.82, 2.24) is 4.90 Å². The SMILES string of the molecule is CCOc1cc(C2C3=C(CCCC3=O)N(CC)C3=C2C(=O)CCC3)cc(Br)c1OCC(N)=O. The Morgan fingerprint density at radius 1 is 1.03 bits per heavy atom. The number of carbonyl (C=O) groups excluding carboxylic acids is 3. The number of rotatable bonds is 7. The highest BCUT2D eigenvalue weighted by atomic mass is 79.9. The largest absolute Gasteiger partial charge is 0.490 e. The second kappa shape index (κ2) is 9.71. The number of benzene rings is 1. The molecule has 1 aromatic rings. The third-order valence-electron chi connectivity index (χ3n) is 6.43. The third-order valence-corrected chi connectivity index (χ3v) is 7.02. The first-order valence-electron chi connectivity index (χ1n) is 11.5. The van der Waals surface area contributed by atoms with E-state index in [1.165, 1.54) is 0 Å². The van der Waals surface area contributed by atoms with Crippen molar-refractivity contribution in [3.05, 3.63) is 44.7 Å². The molecule has 0 aromatic heterocycles. The van der Waals surface area contributed by atoms with Crippen LogP contribution >= 0.6 is 15.9 Å². The molecule has 7 nitrogen and oxygen atoms in total. The van der Waals surface area contributed by atoms with E-state index in [2.05, 4.69) is 27.8 Å². The van der Waals surface area contributed by atoms with Crippen LogP contribution in [0.5, 0.6) is 11.5 Å². The lowest BCUT2D eigenvalue weighted by Gasteiger charge is -2.43. The van der Waals surface area contributed by atoms with Crippen LogP contribution in [0, 0.1) is 0 Å². The number of halogens is 1. The molecule has 4 rings (SSSR count). The highest BCUT2D eigenvalue weighted by Gasteiger charge is 2.43. The average molecular weight is 517 g/mol. The molecule has 0 spiro atoms.